The molecule has 1 heterocycles. The van der Waals surface area contributed by atoms with Crippen LogP contribution in [0.4, 0.5) is 0 Å². The second-order valence-electron chi connectivity index (χ2n) is 6.52. The topological polar surface area (TPSA) is 37.8 Å². The largest absolute Gasteiger partial charge is 0.308 e. The highest BCUT2D eigenvalue weighted by Gasteiger charge is 2.55. The van der Waals surface area contributed by atoms with Gasteiger partial charge in [-0.25, -0.2) is 0 Å². The van der Waals surface area contributed by atoms with Gasteiger partial charge >= 0.3 is 0 Å². The first-order valence-electron chi connectivity index (χ1n) is 7.87. The summed E-state index contributed by atoms with van der Waals surface area (Å²) in [7, 11) is 0. The van der Waals surface area contributed by atoms with Gasteiger partial charge in [0, 0.05) is 18.5 Å². The van der Waals surface area contributed by atoms with Gasteiger partial charge in [0.15, 0.2) is 0 Å². The van der Waals surface area contributed by atoms with E-state index in [1.165, 1.54) is 17.8 Å². The standard InChI is InChI=1S/C17H21N3S/c1-10(2)18-9-14-19-20-17(21-14)16-13-8-7-11-5-3-4-6-12(11)15(13)16/h3-6,10,13,15-16,18H,7-9H2,1-2H3. The summed E-state index contributed by atoms with van der Waals surface area (Å²) >= 11 is 1.80. The van der Waals surface area contributed by atoms with Crippen molar-refractivity contribution in [2.24, 2.45) is 5.92 Å². The smallest absolute Gasteiger partial charge is 0.131 e. The van der Waals surface area contributed by atoms with Gasteiger partial charge in [-0.3, -0.25) is 0 Å². The average Bonchev–Trinajstić information content (AvgIpc) is 3.06. The fourth-order valence-electron chi connectivity index (χ4n) is 3.67. The van der Waals surface area contributed by atoms with Gasteiger partial charge in [-0.2, -0.15) is 0 Å². The van der Waals surface area contributed by atoms with Crippen molar-refractivity contribution in [3.8, 4) is 0 Å². The van der Waals surface area contributed by atoms with Gasteiger partial charge in [-0.05, 0) is 35.8 Å². The van der Waals surface area contributed by atoms with Crippen molar-refractivity contribution in [2.75, 3.05) is 0 Å². The van der Waals surface area contributed by atoms with Crippen molar-refractivity contribution >= 4 is 11.3 Å². The molecule has 0 bridgehead atoms. The molecule has 0 amide bonds. The molecule has 0 saturated heterocycles. The summed E-state index contributed by atoms with van der Waals surface area (Å²) < 4.78 is 0. The molecular formula is C17H21N3S. The Hall–Kier alpha value is -1.26. The van der Waals surface area contributed by atoms with Gasteiger partial charge in [0.05, 0.1) is 0 Å². The molecule has 3 atom stereocenters. The molecule has 1 saturated carbocycles. The molecule has 1 aromatic carbocycles. The summed E-state index contributed by atoms with van der Waals surface area (Å²) in [5, 5.41) is 14.6. The fourth-order valence-corrected chi connectivity index (χ4v) is 4.68. The van der Waals surface area contributed by atoms with Crippen LogP contribution in [0.2, 0.25) is 0 Å². The normalized spacial score (nSPS) is 26.5. The van der Waals surface area contributed by atoms with Gasteiger partial charge in [-0.15, -0.1) is 10.2 Å². The van der Waals surface area contributed by atoms with E-state index in [9.17, 15) is 0 Å². The Bertz CT molecular complexity index is 649. The van der Waals surface area contributed by atoms with E-state index in [1.807, 2.05) is 0 Å². The molecule has 1 N–H and O–H groups in total. The molecule has 21 heavy (non-hydrogen) atoms. The monoisotopic (exact) mass is 299 g/mol. The third-order valence-electron chi connectivity index (χ3n) is 4.76. The average molecular weight is 299 g/mol. The molecule has 4 rings (SSSR count). The maximum absolute atomic E-state index is 4.48. The Morgan fingerprint density at radius 2 is 2.10 bits per heavy atom. The van der Waals surface area contributed by atoms with Crippen LogP contribution in [0.25, 0.3) is 0 Å². The molecule has 1 fully saturated rings. The molecule has 3 nitrogen and oxygen atoms in total. The lowest BCUT2D eigenvalue weighted by molar-refractivity contribution is 0.584. The number of rotatable bonds is 4. The lowest BCUT2D eigenvalue weighted by Crippen LogP contribution is -2.21. The number of fused-ring (bicyclic) bond motifs is 3. The molecular weight excluding hydrogens is 278 g/mol. The summed E-state index contributed by atoms with van der Waals surface area (Å²) in [6.07, 6.45) is 2.54. The summed E-state index contributed by atoms with van der Waals surface area (Å²) in [5.41, 5.74) is 3.11. The number of hydrogen-bond acceptors (Lipinski definition) is 4. The minimum absolute atomic E-state index is 0.493. The molecule has 0 spiro atoms. The summed E-state index contributed by atoms with van der Waals surface area (Å²) in [6, 6.07) is 9.44. The van der Waals surface area contributed by atoms with Crippen LogP contribution in [0.15, 0.2) is 24.3 Å². The van der Waals surface area contributed by atoms with E-state index >= 15 is 0 Å². The van der Waals surface area contributed by atoms with E-state index in [1.54, 1.807) is 22.5 Å². The highest BCUT2D eigenvalue weighted by Crippen LogP contribution is 2.65. The van der Waals surface area contributed by atoms with Crippen molar-refractivity contribution in [1.82, 2.24) is 15.5 Å². The molecule has 2 aromatic rings. The summed E-state index contributed by atoms with van der Waals surface area (Å²) in [6.45, 7) is 5.16. The van der Waals surface area contributed by atoms with Crippen LogP contribution in [0, 0.1) is 5.92 Å². The maximum Gasteiger partial charge on any atom is 0.131 e. The molecule has 3 unspecified atom stereocenters. The van der Waals surface area contributed by atoms with Gasteiger partial charge in [0.2, 0.25) is 0 Å². The van der Waals surface area contributed by atoms with E-state index in [0.29, 0.717) is 17.9 Å². The van der Waals surface area contributed by atoms with Gasteiger partial charge in [0.1, 0.15) is 10.0 Å². The Kier molecular flexibility index (Phi) is 3.31. The van der Waals surface area contributed by atoms with Crippen molar-refractivity contribution in [2.45, 2.75) is 51.1 Å². The van der Waals surface area contributed by atoms with Crippen LogP contribution in [-0.4, -0.2) is 16.2 Å². The lowest BCUT2D eigenvalue weighted by Gasteiger charge is -2.13. The van der Waals surface area contributed by atoms with Gasteiger partial charge < -0.3 is 5.32 Å². The minimum atomic E-state index is 0.493. The quantitative estimate of drug-likeness (QED) is 0.939. The van der Waals surface area contributed by atoms with Crippen molar-refractivity contribution in [3.63, 3.8) is 0 Å². The highest BCUT2D eigenvalue weighted by atomic mass is 32.1. The van der Waals surface area contributed by atoms with Crippen LogP contribution in [-0.2, 0) is 13.0 Å². The SMILES string of the molecule is CC(C)NCc1nnc(C2C3CCc4ccccc4C32)s1. The predicted molar refractivity (Wildman–Crippen MR) is 85.6 cm³/mol. The zero-order chi connectivity index (χ0) is 14.4. The van der Waals surface area contributed by atoms with Crippen LogP contribution >= 0.6 is 11.3 Å². The molecule has 110 valence electrons. The first kappa shape index (κ1) is 13.4. The number of benzene rings is 1. The maximum atomic E-state index is 4.48. The molecule has 2 aliphatic rings. The van der Waals surface area contributed by atoms with Crippen molar-refractivity contribution in [3.05, 3.63) is 45.4 Å². The van der Waals surface area contributed by atoms with Crippen LogP contribution in [0.3, 0.4) is 0 Å². The zero-order valence-electron chi connectivity index (χ0n) is 12.5. The van der Waals surface area contributed by atoms with Crippen molar-refractivity contribution in [1.29, 1.82) is 0 Å². The van der Waals surface area contributed by atoms with Gasteiger partial charge in [0.25, 0.3) is 0 Å². The first-order chi connectivity index (χ1) is 10.2. The zero-order valence-corrected chi connectivity index (χ0v) is 13.4. The number of aryl methyl sites for hydroxylation is 1. The summed E-state index contributed by atoms with van der Waals surface area (Å²) in [4.78, 5) is 0. The van der Waals surface area contributed by atoms with Crippen molar-refractivity contribution < 1.29 is 0 Å². The number of nitrogens with one attached hydrogen (secondary N) is 1. The molecule has 0 radical (unpaired) electrons. The molecule has 0 aliphatic heterocycles. The molecule has 2 aliphatic carbocycles. The van der Waals surface area contributed by atoms with Gasteiger partial charge in [-0.1, -0.05) is 49.4 Å². The van der Waals surface area contributed by atoms with Crippen LogP contribution in [0.1, 0.15) is 53.2 Å². The third kappa shape index (κ3) is 2.40. The van der Waals surface area contributed by atoms with E-state index in [4.69, 9.17) is 0 Å². The van der Waals surface area contributed by atoms with E-state index in [2.05, 4.69) is 53.6 Å². The first-order valence-corrected chi connectivity index (χ1v) is 8.69. The third-order valence-corrected chi connectivity index (χ3v) is 5.78. The molecule has 1 aromatic heterocycles. The summed E-state index contributed by atoms with van der Waals surface area (Å²) in [5.74, 6) is 2.13. The Morgan fingerprint density at radius 1 is 1.24 bits per heavy atom. The number of hydrogen-bond donors (Lipinski definition) is 1. The molecule has 4 heteroatoms. The number of nitrogens with zero attached hydrogens (tertiary/aromatic N) is 2. The predicted octanol–water partition coefficient (Wildman–Crippen LogP) is 3.48. The fraction of sp³-hybridized carbons (Fsp3) is 0.529. The number of aromatic nitrogens is 2. The second kappa shape index (κ2) is 5.18. The lowest BCUT2D eigenvalue weighted by atomic mass is 9.92. The van der Waals surface area contributed by atoms with Crippen LogP contribution in [0.5, 0.6) is 0 Å². The van der Waals surface area contributed by atoms with E-state index in [-0.39, 0.29) is 0 Å². The Morgan fingerprint density at radius 3 is 2.95 bits per heavy atom. The second-order valence-corrected chi connectivity index (χ2v) is 7.62. The van der Waals surface area contributed by atoms with Crippen LogP contribution < -0.4 is 5.32 Å². The van der Waals surface area contributed by atoms with E-state index in [0.717, 1.165) is 17.5 Å². The Balaban J connectivity index is 1.52. The van der Waals surface area contributed by atoms with E-state index < -0.39 is 0 Å². The highest BCUT2D eigenvalue weighted by molar-refractivity contribution is 7.11. The minimum Gasteiger partial charge on any atom is -0.308 e. The Labute approximate surface area is 129 Å².